The first-order chi connectivity index (χ1) is 18.0. The first kappa shape index (κ1) is 23.2. The maximum atomic E-state index is 13.0. The second-order valence-corrected chi connectivity index (χ2v) is 9.62. The van der Waals surface area contributed by atoms with Gasteiger partial charge in [0.05, 0.1) is 16.9 Å². The van der Waals surface area contributed by atoms with Crippen LogP contribution in [0.2, 0.25) is 0 Å². The topological polar surface area (TPSA) is 42.0 Å². The van der Waals surface area contributed by atoms with Gasteiger partial charge in [0.2, 0.25) is 0 Å². The summed E-state index contributed by atoms with van der Waals surface area (Å²) >= 11 is 0. The van der Waals surface area contributed by atoms with Gasteiger partial charge in [-0.25, -0.2) is 4.79 Å². The Morgan fingerprint density at radius 1 is 0.757 bits per heavy atom. The van der Waals surface area contributed by atoms with Gasteiger partial charge in [-0.15, -0.1) is 0 Å². The van der Waals surface area contributed by atoms with Crippen LogP contribution in [-0.2, 0) is 10.3 Å². The van der Waals surface area contributed by atoms with E-state index in [1.807, 2.05) is 60.7 Å². The molecule has 5 heteroatoms. The van der Waals surface area contributed by atoms with Crippen molar-refractivity contribution >= 4 is 23.0 Å². The van der Waals surface area contributed by atoms with Crippen molar-refractivity contribution in [3.8, 4) is 11.5 Å². The van der Waals surface area contributed by atoms with Crippen molar-refractivity contribution < 1.29 is 14.3 Å². The zero-order valence-electron chi connectivity index (χ0n) is 21.6. The minimum absolute atomic E-state index is 0.317. The molecule has 0 radical (unpaired) electrons. The van der Waals surface area contributed by atoms with Crippen molar-refractivity contribution in [2.75, 3.05) is 29.9 Å². The quantitative estimate of drug-likeness (QED) is 0.277. The number of para-hydroxylation sites is 1. The lowest BCUT2D eigenvalue weighted by Crippen LogP contribution is -2.33. The molecule has 37 heavy (non-hydrogen) atoms. The SMILES string of the molecule is CCN(CC)c1cc(C)ccc1N(C)c1ccc2c(c1)Oc1ccccc1C21OC(=O)c2ccccc21. The second-order valence-electron chi connectivity index (χ2n) is 9.62. The molecule has 2 aliphatic heterocycles. The van der Waals surface area contributed by atoms with Crippen LogP contribution >= 0.6 is 0 Å². The number of fused-ring (bicyclic) bond motifs is 6. The Morgan fingerprint density at radius 2 is 1.46 bits per heavy atom. The van der Waals surface area contributed by atoms with Gasteiger partial charge in [0.1, 0.15) is 11.5 Å². The second kappa shape index (κ2) is 8.70. The third-order valence-corrected chi connectivity index (χ3v) is 7.59. The summed E-state index contributed by atoms with van der Waals surface area (Å²) < 4.78 is 12.7. The molecule has 186 valence electrons. The zero-order valence-corrected chi connectivity index (χ0v) is 21.6. The summed E-state index contributed by atoms with van der Waals surface area (Å²) in [5.74, 6) is 1.06. The maximum Gasteiger partial charge on any atom is 0.340 e. The molecule has 0 fully saturated rings. The van der Waals surface area contributed by atoms with Crippen LogP contribution in [0.1, 0.15) is 46.5 Å². The highest BCUT2D eigenvalue weighted by atomic mass is 16.6. The Morgan fingerprint density at radius 3 is 2.24 bits per heavy atom. The lowest BCUT2D eigenvalue weighted by atomic mass is 9.77. The van der Waals surface area contributed by atoms with Gasteiger partial charge < -0.3 is 19.3 Å². The predicted molar refractivity (Wildman–Crippen MR) is 148 cm³/mol. The summed E-state index contributed by atoms with van der Waals surface area (Å²) in [5, 5.41) is 0. The molecule has 0 aliphatic carbocycles. The molecule has 2 aliphatic rings. The fourth-order valence-corrected chi connectivity index (χ4v) is 5.70. The van der Waals surface area contributed by atoms with Crippen LogP contribution in [0.15, 0.2) is 84.9 Å². The molecule has 4 aromatic rings. The van der Waals surface area contributed by atoms with Crippen LogP contribution in [0.4, 0.5) is 17.1 Å². The van der Waals surface area contributed by atoms with E-state index in [4.69, 9.17) is 9.47 Å². The minimum Gasteiger partial charge on any atom is -0.456 e. The van der Waals surface area contributed by atoms with E-state index >= 15 is 0 Å². The lowest BCUT2D eigenvalue weighted by molar-refractivity contribution is 0.0224. The Bertz CT molecular complexity index is 1520. The van der Waals surface area contributed by atoms with Crippen LogP contribution in [0.3, 0.4) is 0 Å². The Hall–Kier alpha value is -4.25. The number of carbonyl (C=O) groups excluding carboxylic acids is 1. The van der Waals surface area contributed by atoms with Gasteiger partial charge >= 0.3 is 5.97 Å². The third kappa shape index (κ3) is 3.41. The highest BCUT2D eigenvalue weighted by molar-refractivity contribution is 5.97. The van der Waals surface area contributed by atoms with Crippen LogP contribution in [-0.4, -0.2) is 26.1 Å². The molecular formula is C32H30N2O3. The van der Waals surface area contributed by atoms with E-state index in [0.29, 0.717) is 17.1 Å². The van der Waals surface area contributed by atoms with Gasteiger partial charge in [-0.05, 0) is 62.7 Å². The number of anilines is 3. The molecule has 1 unspecified atom stereocenters. The summed E-state index contributed by atoms with van der Waals surface area (Å²) in [6.07, 6.45) is 0. The van der Waals surface area contributed by atoms with Crippen LogP contribution < -0.4 is 14.5 Å². The molecule has 6 rings (SSSR count). The first-order valence-electron chi connectivity index (χ1n) is 12.8. The number of esters is 1. The smallest absolute Gasteiger partial charge is 0.340 e. The van der Waals surface area contributed by atoms with Crippen molar-refractivity contribution in [3.63, 3.8) is 0 Å². The minimum atomic E-state index is -1.04. The van der Waals surface area contributed by atoms with E-state index in [1.165, 1.54) is 11.3 Å². The van der Waals surface area contributed by atoms with Crippen molar-refractivity contribution in [1.29, 1.82) is 0 Å². The summed E-state index contributed by atoms with van der Waals surface area (Å²) in [7, 11) is 2.08. The standard InChI is InChI=1S/C32H30N2O3/c1-5-34(6-2)28-19-21(3)15-18-27(28)33(4)22-16-17-26-30(20-22)36-29-14-10-9-13-25(29)32(26)24-12-8-7-11-23(24)31(35)37-32/h7-20H,5-6H2,1-4H3. The zero-order chi connectivity index (χ0) is 25.7. The summed E-state index contributed by atoms with van der Waals surface area (Å²) in [4.78, 5) is 17.6. The average molecular weight is 491 g/mol. The predicted octanol–water partition coefficient (Wildman–Crippen LogP) is 7.18. The molecule has 0 amide bonds. The largest absolute Gasteiger partial charge is 0.456 e. The number of rotatable bonds is 5. The van der Waals surface area contributed by atoms with E-state index < -0.39 is 5.60 Å². The molecule has 4 aromatic carbocycles. The number of hydrogen-bond acceptors (Lipinski definition) is 5. The molecule has 0 bridgehead atoms. The van der Waals surface area contributed by atoms with E-state index in [0.717, 1.165) is 41.2 Å². The average Bonchev–Trinajstić information content (AvgIpc) is 3.22. The number of hydrogen-bond donors (Lipinski definition) is 0. The highest BCUT2D eigenvalue weighted by Crippen LogP contribution is 2.56. The Labute approximate surface area is 217 Å². The van der Waals surface area contributed by atoms with Gasteiger partial charge in [0, 0.05) is 48.6 Å². The summed E-state index contributed by atoms with van der Waals surface area (Å²) in [6.45, 7) is 8.34. The molecule has 1 spiro atoms. The Kier molecular flexibility index (Phi) is 5.45. The Balaban J connectivity index is 1.51. The fraction of sp³-hybridized carbons (Fsp3) is 0.219. The summed E-state index contributed by atoms with van der Waals surface area (Å²) in [5.41, 5.74) is 6.61. The van der Waals surface area contributed by atoms with Gasteiger partial charge in [0.15, 0.2) is 5.60 Å². The molecule has 1 atom stereocenters. The van der Waals surface area contributed by atoms with Gasteiger partial charge in [0.25, 0.3) is 0 Å². The van der Waals surface area contributed by atoms with Gasteiger partial charge in [-0.2, -0.15) is 0 Å². The third-order valence-electron chi connectivity index (χ3n) is 7.59. The van der Waals surface area contributed by atoms with Gasteiger partial charge in [-0.1, -0.05) is 42.5 Å². The number of nitrogens with zero attached hydrogens (tertiary/aromatic N) is 2. The fourth-order valence-electron chi connectivity index (χ4n) is 5.70. The van der Waals surface area contributed by atoms with Crippen molar-refractivity contribution in [2.45, 2.75) is 26.4 Å². The molecular weight excluding hydrogens is 460 g/mol. The van der Waals surface area contributed by atoms with Crippen LogP contribution in [0.5, 0.6) is 11.5 Å². The molecule has 0 aromatic heterocycles. The lowest BCUT2D eigenvalue weighted by Gasteiger charge is -2.37. The van der Waals surface area contributed by atoms with Crippen molar-refractivity contribution in [2.24, 2.45) is 0 Å². The van der Waals surface area contributed by atoms with E-state index in [1.54, 1.807) is 0 Å². The number of benzene rings is 4. The summed E-state index contributed by atoms with van der Waals surface area (Å²) in [6, 6.07) is 28.2. The first-order valence-corrected chi connectivity index (χ1v) is 12.8. The van der Waals surface area contributed by atoms with E-state index in [2.05, 4.69) is 61.9 Å². The monoisotopic (exact) mass is 490 g/mol. The van der Waals surface area contributed by atoms with E-state index in [-0.39, 0.29) is 5.97 Å². The molecule has 2 heterocycles. The number of ether oxygens (including phenoxy) is 2. The normalized spacial score (nSPS) is 16.9. The number of aryl methyl sites for hydroxylation is 1. The van der Waals surface area contributed by atoms with Crippen LogP contribution in [0, 0.1) is 6.92 Å². The molecule has 5 nitrogen and oxygen atoms in total. The van der Waals surface area contributed by atoms with Gasteiger partial charge in [-0.3, -0.25) is 0 Å². The van der Waals surface area contributed by atoms with Crippen LogP contribution in [0.25, 0.3) is 0 Å². The van der Waals surface area contributed by atoms with E-state index in [9.17, 15) is 4.79 Å². The molecule has 0 saturated carbocycles. The molecule has 0 N–H and O–H groups in total. The maximum absolute atomic E-state index is 13.0. The highest BCUT2D eigenvalue weighted by Gasteiger charge is 2.53. The van der Waals surface area contributed by atoms with Crippen molar-refractivity contribution in [1.82, 2.24) is 0 Å². The number of carbonyl (C=O) groups is 1. The van der Waals surface area contributed by atoms with Crippen molar-refractivity contribution in [3.05, 3.63) is 113 Å². The molecule has 0 saturated heterocycles.